The average molecular weight is 140 g/mol. The van der Waals surface area contributed by atoms with Gasteiger partial charge in [0, 0.05) is 6.08 Å². The Morgan fingerprint density at radius 3 is 2.60 bits per heavy atom. The van der Waals surface area contributed by atoms with Gasteiger partial charge < -0.3 is 5.11 Å². The van der Waals surface area contributed by atoms with Crippen molar-refractivity contribution in [3.63, 3.8) is 0 Å². The Labute approximate surface area is 60.9 Å². The van der Waals surface area contributed by atoms with E-state index in [1.54, 1.807) is 6.08 Å². The molecule has 0 saturated heterocycles. The van der Waals surface area contributed by atoms with Crippen molar-refractivity contribution in [3.05, 3.63) is 24.3 Å². The molecular formula is C8H12O2. The van der Waals surface area contributed by atoms with Gasteiger partial charge >= 0.3 is 5.97 Å². The van der Waals surface area contributed by atoms with Crippen molar-refractivity contribution in [2.45, 2.75) is 19.8 Å². The Balaban J connectivity index is 3.35. The van der Waals surface area contributed by atoms with Crippen molar-refractivity contribution in [1.82, 2.24) is 0 Å². The second-order valence-corrected chi connectivity index (χ2v) is 1.86. The minimum Gasteiger partial charge on any atom is -0.478 e. The van der Waals surface area contributed by atoms with E-state index in [0.29, 0.717) is 6.42 Å². The van der Waals surface area contributed by atoms with Crippen molar-refractivity contribution in [1.29, 1.82) is 0 Å². The fourth-order valence-corrected chi connectivity index (χ4v) is 0.510. The fraction of sp³-hybridized carbons (Fsp3) is 0.375. The molecule has 0 bridgehead atoms. The molecule has 0 radical (unpaired) electrons. The third-order valence-corrected chi connectivity index (χ3v) is 0.935. The van der Waals surface area contributed by atoms with E-state index in [1.165, 1.54) is 0 Å². The SMILES string of the molecule is CCC=CCC=CC(=O)O. The normalized spacial score (nSPS) is 11.3. The van der Waals surface area contributed by atoms with E-state index >= 15 is 0 Å². The summed E-state index contributed by atoms with van der Waals surface area (Å²) in [5.41, 5.74) is 0. The summed E-state index contributed by atoms with van der Waals surface area (Å²) >= 11 is 0. The number of rotatable bonds is 4. The maximum atomic E-state index is 9.92. The van der Waals surface area contributed by atoms with E-state index in [0.717, 1.165) is 12.5 Å². The Hall–Kier alpha value is -1.05. The summed E-state index contributed by atoms with van der Waals surface area (Å²) in [6.07, 6.45) is 8.43. The first-order valence-corrected chi connectivity index (χ1v) is 3.31. The van der Waals surface area contributed by atoms with Crippen LogP contribution in [0.5, 0.6) is 0 Å². The van der Waals surface area contributed by atoms with Gasteiger partial charge in [0.25, 0.3) is 0 Å². The van der Waals surface area contributed by atoms with Crippen LogP contribution < -0.4 is 0 Å². The Morgan fingerprint density at radius 1 is 1.40 bits per heavy atom. The second-order valence-electron chi connectivity index (χ2n) is 1.86. The molecule has 0 aliphatic carbocycles. The highest BCUT2D eigenvalue weighted by atomic mass is 16.4. The van der Waals surface area contributed by atoms with Crippen LogP contribution in [0.3, 0.4) is 0 Å². The lowest BCUT2D eigenvalue weighted by Gasteiger charge is -1.79. The molecule has 0 aromatic rings. The Kier molecular flexibility index (Phi) is 5.44. The first kappa shape index (κ1) is 8.95. The molecule has 0 atom stereocenters. The van der Waals surface area contributed by atoms with Gasteiger partial charge in [-0.15, -0.1) is 0 Å². The minimum atomic E-state index is -0.884. The van der Waals surface area contributed by atoms with Gasteiger partial charge in [-0.2, -0.15) is 0 Å². The summed E-state index contributed by atoms with van der Waals surface area (Å²) in [6.45, 7) is 2.04. The van der Waals surface area contributed by atoms with Crippen LogP contribution in [-0.2, 0) is 4.79 Å². The lowest BCUT2D eigenvalue weighted by Crippen LogP contribution is -1.84. The summed E-state index contributed by atoms with van der Waals surface area (Å²) in [5.74, 6) is -0.884. The van der Waals surface area contributed by atoms with Gasteiger partial charge in [-0.25, -0.2) is 4.79 Å². The monoisotopic (exact) mass is 140 g/mol. The number of allylic oxidation sites excluding steroid dienone is 3. The van der Waals surface area contributed by atoms with Crippen LogP contribution in [0, 0.1) is 0 Å². The van der Waals surface area contributed by atoms with Gasteiger partial charge in [-0.1, -0.05) is 25.2 Å². The molecule has 2 heteroatoms. The van der Waals surface area contributed by atoms with Gasteiger partial charge in [0.15, 0.2) is 0 Å². The maximum Gasteiger partial charge on any atom is 0.327 e. The molecule has 0 aromatic heterocycles. The molecule has 0 aliphatic rings. The van der Waals surface area contributed by atoms with Crippen LogP contribution in [-0.4, -0.2) is 11.1 Å². The fourth-order valence-electron chi connectivity index (χ4n) is 0.510. The molecule has 0 fully saturated rings. The molecule has 0 saturated carbocycles. The van der Waals surface area contributed by atoms with E-state index in [9.17, 15) is 4.79 Å². The van der Waals surface area contributed by atoms with Crippen LogP contribution in [0.15, 0.2) is 24.3 Å². The first-order chi connectivity index (χ1) is 4.77. The predicted molar refractivity (Wildman–Crippen MR) is 40.8 cm³/mol. The molecular weight excluding hydrogens is 128 g/mol. The standard InChI is InChI=1S/C8H12O2/c1-2-3-4-5-6-7-8(9)10/h3-4,6-7H,2,5H2,1H3,(H,9,10). The van der Waals surface area contributed by atoms with E-state index in [1.807, 2.05) is 19.1 Å². The second kappa shape index (κ2) is 6.08. The molecule has 1 N–H and O–H groups in total. The number of carbonyl (C=O) groups is 1. The number of carboxylic acid groups (broad SMARTS) is 1. The third kappa shape index (κ3) is 6.95. The highest BCUT2D eigenvalue weighted by molar-refractivity contribution is 5.79. The topological polar surface area (TPSA) is 37.3 Å². The average Bonchev–Trinajstić information content (AvgIpc) is 1.87. The van der Waals surface area contributed by atoms with Crippen molar-refractivity contribution in [2.24, 2.45) is 0 Å². The molecule has 56 valence electrons. The number of hydrogen-bond donors (Lipinski definition) is 1. The number of aliphatic carboxylic acids is 1. The van der Waals surface area contributed by atoms with Crippen molar-refractivity contribution < 1.29 is 9.90 Å². The number of hydrogen-bond acceptors (Lipinski definition) is 1. The van der Waals surface area contributed by atoms with Crippen LogP contribution in [0.1, 0.15) is 19.8 Å². The molecule has 0 heterocycles. The molecule has 0 amide bonds. The maximum absolute atomic E-state index is 9.92. The Morgan fingerprint density at radius 2 is 2.10 bits per heavy atom. The van der Waals surface area contributed by atoms with Gasteiger partial charge in [0.05, 0.1) is 0 Å². The summed E-state index contributed by atoms with van der Waals surface area (Å²) in [5, 5.41) is 8.16. The van der Waals surface area contributed by atoms with Crippen molar-refractivity contribution in [2.75, 3.05) is 0 Å². The molecule has 0 aromatic carbocycles. The summed E-state index contributed by atoms with van der Waals surface area (Å²) < 4.78 is 0. The van der Waals surface area contributed by atoms with Crippen LogP contribution in [0.2, 0.25) is 0 Å². The van der Waals surface area contributed by atoms with Crippen molar-refractivity contribution >= 4 is 5.97 Å². The van der Waals surface area contributed by atoms with Gasteiger partial charge in [0.1, 0.15) is 0 Å². The molecule has 2 nitrogen and oxygen atoms in total. The highest BCUT2D eigenvalue weighted by Gasteiger charge is 1.80. The zero-order chi connectivity index (χ0) is 7.82. The van der Waals surface area contributed by atoms with Crippen LogP contribution in [0.25, 0.3) is 0 Å². The molecule has 0 rings (SSSR count). The first-order valence-electron chi connectivity index (χ1n) is 3.31. The van der Waals surface area contributed by atoms with Crippen molar-refractivity contribution in [3.8, 4) is 0 Å². The third-order valence-electron chi connectivity index (χ3n) is 0.935. The van der Waals surface area contributed by atoms with E-state index < -0.39 is 5.97 Å². The van der Waals surface area contributed by atoms with E-state index in [4.69, 9.17) is 5.11 Å². The summed E-state index contributed by atoms with van der Waals surface area (Å²) in [6, 6.07) is 0. The minimum absolute atomic E-state index is 0.708. The summed E-state index contributed by atoms with van der Waals surface area (Å²) in [7, 11) is 0. The molecule has 0 spiro atoms. The summed E-state index contributed by atoms with van der Waals surface area (Å²) in [4.78, 5) is 9.92. The lowest BCUT2D eigenvalue weighted by molar-refractivity contribution is -0.131. The molecule has 0 unspecified atom stereocenters. The molecule has 10 heavy (non-hydrogen) atoms. The zero-order valence-electron chi connectivity index (χ0n) is 6.08. The highest BCUT2D eigenvalue weighted by Crippen LogP contribution is 1.87. The van der Waals surface area contributed by atoms with Gasteiger partial charge in [-0.3, -0.25) is 0 Å². The largest absolute Gasteiger partial charge is 0.478 e. The van der Waals surface area contributed by atoms with E-state index in [-0.39, 0.29) is 0 Å². The number of carboxylic acids is 1. The van der Waals surface area contributed by atoms with Gasteiger partial charge in [-0.05, 0) is 12.8 Å². The van der Waals surface area contributed by atoms with Crippen LogP contribution >= 0.6 is 0 Å². The zero-order valence-corrected chi connectivity index (χ0v) is 6.08. The lowest BCUT2D eigenvalue weighted by atomic mass is 10.3. The Bertz CT molecular complexity index is 145. The predicted octanol–water partition coefficient (Wildman–Crippen LogP) is 1.98. The quantitative estimate of drug-likeness (QED) is 0.479. The smallest absolute Gasteiger partial charge is 0.327 e. The van der Waals surface area contributed by atoms with Gasteiger partial charge in [0.2, 0.25) is 0 Å². The van der Waals surface area contributed by atoms with Crippen LogP contribution in [0.4, 0.5) is 0 Å². The molecule has 0 aliphatic heterocycles. The van der Waals surface area contributed by atoms with E-state index in [2.05, 4.69) is 0 Å².